The molecule has 0 atom stereocenters. The first kappa shape index (κ1) is 11.1. The average Bonchev–Trinajstić information content (AvgIpc) is 2.03. The van der Waals surface area contributed by atoms with Crippen molar-refractivity contribution in [3.63, 3.8) is 0 Å². The summed E-state index contributed by atoms with van der Waals surface area (Å²) >= 11 is 0. The third kappa shape index (κ3) is 4.88. The van der Waals surface area contributed by atoms with Gasteiger partial charge in [-0.2, -0.15) is 0 Å². The highest BCUT2D eigenvalue weighted by Crippen LogP contribution is 2.04. The Morgan fingerprint density at radius 3 is 2.25 bits per heavy atom. The van der Waals surface area contributed by atoms with Crippen LogP contribution in [-0.4, -0.2) is 18.9 Å². The van der Waals surface area contributed by atoms with Crippen molar-refractivity contribution in [1.82, 2.24) is 0 Å². The first-order valence-electron chi connectivity index (χ1n) is 4.17. The van der Waals surface area contributed by atoms with Gasteiger partial charge in [-0.15, -0.1) is 0 Å². The van der Waals surface area contributed by atoms with E-state index in [1.54, 1.807) is 0 Å². The maximum Gasteiger partial charge on any atom is 0.305 e. The van der Waals surface area contributed by atoms with Gasteiger partial charge >= 0.3 is 5.97 Å². The molecule has 0 aromatic carbocycles. The minimum atomic E-state index is -0.244. The van der Waals surface area contributed by atoms with Crippen LogP contribution >= 0.6 is 0 Å². The number of hydrogen-bond acceptors (Lipinski definition) is 3. The molecule has 70 valence electrons. The van der Waals surface area contributed by atoms with Gasteiger partial charge in [-0.05, 0) is 6.42 Å². The molecule has 3 nitrogen and oxygen atoms in total. The van der Waals surface area contributed by atoms with E-state index in [4.69, 9.17) is 0 Å². The number of carbonyl (C=O) groups excluding carboxylic acids is 2. The van der Waals surface area contributed by atoms with Gasteiger partial charge in [-0.25, -0.2) is 0 Å². The molecule has 0 aliphatic carbocycles. The molecule has 0 aliphatic rings. The van der Waals surface area contributed by atoms with Crippen molar-refractivity contribution in [2.45, 2.75) is 33.1 Å². The van der Waals surface area contributed by atoms with Gasteiger partial charge in [0.15, 0.2) is 0 Å². The van der Waals surface area contributed by atoms with Crippen molar-refractivity contribution in [3.05, 3.63) is 0 Å². The highest BCUT2D eigenvalue weighted by Gasteiger charge is 2.08. The summed E-state index contributed by atoms with van der Waals surface area (Å²) in [6.07, 6.45) is 1.42. The molecule has 0 saturated heterocycles. The SMILES string of the molecule is COC(=O)CCCC(=O)C(C)C. The minimum absolute atomic E-state index is 0.0719. The molecule has 0 aromatic rings. The quantitative estimate of drug-likeness (QED) is 0.591. The molecule has 0 aromatic heterocycles. The summed E-state index contributed by atoms with van der Waals surface area (Å²) in [6.45, 7) is 3.72. The molecule has 0 rings (SSSR count). The standard InChI is InChI=1S/C9H16O3/c1-7(2)8(10)5-4-6-9(11)12-3/h7H,4-6H2,1-3H3. The lowest BCUT2D eigenvalue weighted by molar-refractivity contribution is -0.140. The smallest absolute Gasteiger partial charge is 0.305 e. The topological polar surface area (TPSA) is 43.4 Å². The molecule has 0 unspecified atom stereocenters. The van der Waals surface area contributed by atoms with E-state index in [1.807, 2.05) is 13.8 Å². The second-order valence-corrected chi connectivity index (χ2v) is 3.05. The molecular weight excluding hydrogens is 156 g/mol. The molecule has 0 aliphatic heterocycles. The Balaban J connectivity index is 3.44. The Morgan fingerprint density at radius 2 is 1.83 bits per heavy atom. The highest BCUT2D eigenvalue weighted by molar-refractivity contribution is 5.80. The van der Waals surface area contributed by atoms with Crippen LogP contribution in [0.5, 0.6) is 0 Å². The normalized spacial score (nSPS) is 10.0. The zero-order chi connectivity index (χ0) is 9.56. The van der Waals surface area contributed by atoms with E-state index in [2.05, 4.69) is 4.74 Å². The zero-order valence-corrected chi connectivity index (χ0v) is 7.92. The third-order valence-corrected chi connectivity index (χ3v) is 1.68. The van der Waals surface area contributed by atoms with Crippen LogP contribution in [0.25, 0.3) is 0 Å². The fourth-order valence-corrected chi connectivity index (χ4v) is 0.798. The summed E-state index contributed by atoms with van der Waals surface area (Å²) in [7, 11) is 1.35. The fraction of sp³-hybridized carbons (Fsp3) is 0.778. The third-order valence-electron chi connectivity index (χ3n) is 1.68. The molecule has 0 amide bonds. The van der Waals surface area contributed by atoms with Gasteiger partial charge < -0.3 is 4.74 Å². The van der Waals surface area contributed by atoms with Crippen LogP contribution < -0.4 is 0 Å². The number of methoxy groups -OCH3 is 1. The van der Waals surface area contributed by atoms with Crippen LogP contribution in [0.15, 0.2) is 0 Å². The lowest BCUT2D eigenvalue weighted by Crippen LogP contribution is -2.08. The monoisotopic (exact) mass is 172 g/mol. The number of Topliss-reactive ketones (excluding diaryl/α,β-unsaturated/α-hetero) is 1. The second kappa shape index (κ2) is 5.75. The number of ether oxygens (including phenoxy) is 1. The van der Waals surface area contributed by atoms with Crippen LogP contribution in [0.2, 0.25) is 0 Å². The Labute approximate surface area is 73.1 Å². The summed E-state index contributed by atoms with van der Waals surface area (Å²) in [5.74, 6) is 0.0353. The Bertz CT molecular complexity index is 161. The van der Waals surface area contributed by atoms with Gasteiger partial charge in [-0.1, -0.05) is 13.8 Å². The Kier molecular flexibility index (Phi) is 5.34. The maximum atomic E-state index is 11.1. The summed E-state index contributed by atoms with van der Waals surface area (Å²) in [4.78, 5) is 21.7. The van der Waals surface area contributed by atoms with Gasteiger partial charge in [0, 0.05) is 18.8 Å². The molecule has 0 saturated carbocycles. The highest BCUT2D eigenvalue weighted by atomic mass is 16.5. The van der Waals surface area contributed by atoms with Crippen LogP contribution in [0.1, 0.15) is 33.1 Å². The molecule has 0 spiro atoms. The molecule has 3 heteroatoms. The van der Waals surface area contributed by atoms with Gasteiger partial charge in [0.25, 0.3) is 0 Å². The van der Waals surface area contributed by atoms with E-state index in [0.29, 0.717) is 19.3 Å². The van der Waals surface area contributed by atoms with Gasteiger partial charge in [0.2, 0.25) is 0 Å². The summed E-state index contributed by atoms with van der Waals surface area (Å²) in [6, 6.07) is 0. The first-order chi connectivity index (χ1) is 5.57. The van der Waals surface area contributed by atoms with Crippen molar-refractivity contribution in [3.8, 4) is 0 Å². The molecule has 0 fully saturated rings. The minimum Gasteiger partial charge on any atom is -0.469 e. The molecule has 0 heterocycles. The van der Waals surface area contributed by atoms with E-state index in [1.165, 1.54) is 7.11 Å². The molecule has 0 N–H and O–H groups in total. The number of rotatable bonds is 5. The van der Waals surface area contributed by atoms with E-state index in [-0.39, 0.29) is 17.7 Å². The van der Waals surface area contributed by atoms with Crippen molar-refractivity contribution in [2.75, 3.05) is 7.11 Å². The van der Waals surface area contributed by atoms with Crippen molar-refractivity contribution >= 4 is 11.8 Å². The summed E-state index contributed by atoms with van der Waals surface area (Å²) < 4.78 is 4.44. The van der Waals surface area contributed by atoms with Crippen molar-refractivity contribution < 1.29 is 14.3 Å². The number of esters is 1. The largest absolute Gasteiger partial charge is 0.469 e. The first-order valence-corrected chi connectivity index (χ1v) is 4.17. The van der Waals surface area contributed by atoms with Crippen LogP contribution in [-0.2, 0) is 14.3 Å². The number of ketones is 1. The van der Waals surface area contributed by atoms with Crippen LogP contribution in [0.3, 0.4) is 0 Å². The molecular formula is C9H16O3. The predicted octanol–water partition coefficient (Wildman–Crippen LogP) is 1.55. The van der Waals surface area contributed by atoms with Gasteiger partial charge in [0.1, 0.15) is 5.78 Å². The molecule has 0 radical (unpaired) electrons. The van der Waals surface area contributed by atoms with Gasteiger partial charge in [0.05, 0.1) is 7.11 Å². The summed E-state index contributed by atoms with van der Waals surface area (Å²) in [5, 5.41) is 0. The average molecular weight is 172 g/mol. The van der Waals surface area contributed by atoms with Gasteiger partial charge in [-0.3, -0.25) is 9.59 Å². The van der Waals surface area contributed by atoms with Crippen LogP contribution in [0, 0.1) is 5.92 Å². The predicted molar refractivity (Wildman–Crippen MR) is 45.7 cm³/mol. The van der Waals surface area contributed by atoms with Crippen molar-refractivity contribution in [1.29, 1.82) is 0 Å². The Hall–Kier alpha value is -0.860. The maximum absolute atomic E-state index is 11.1. The number of hydrogen-bond donors (Lipinski definition) is 0. The van der Waals surface area contributed by atoms with E-state index >= 15 is 0 Å². The zero-order valence-electron chi connectivity index (χ0n) is 7.92. The van der Waals surface area contributed by atoms with Crippen LogP contribution in [0.4, 0.5) is 0 Å². The van der Waals surface area contributed by atoms with Crippen molar-refractivity contribution in [2.24, 2.45) is 5.92 Å². The lowest BCUT2D eigenvalue weighted by Gasteiger charge is -2.02. The molecule has 12 heavy (non-hydrogen) atoms. The Morgan fingerprint density at radius 1 is 1.25 bits per heavy atom. The lowest BCUT2D eigenvalue weighted by atomic mass is 10.0. The molecule has 0 bridgehead atoms. The fourth-order valence-electron chi connectivity index (χ4n) is 0.798. The summed E-state index contributed by atoms with van der Waals surface area (Å²) in [5.41, 5.74) is 0. The van der Waals surface area contributed by atoms with E-state index < -0.39 is 0 Å². The second-order valence-electron chi connectivity index (χ2n) is 3.05. The van der Waals surface area contributed by atoms with E-state index in [9.17, 15) is 9.59 Å². The van der Waals surface area contributed by atoms with E-state index in [0.717, 1.165) is 0 Å². The number of carbonyl (C=O) groups is 2.